The van der Waals surface area contributed by atoms with E-state index in [9.17, 15) is 9.59 Å². The molecule has 4 atom stereocenters. The number of amides is 2. The van der Waals surface area contributed by atoms with Crippen molar-refractivity contribution in [2.45, 2.75) is 60.6 Å². The highest BCUT2D eigenvalue weighted by atomic mass is 79.9. The second-order valence-electron chi connectivity index (χ2n) is 6.05. The zero-order valence-electron chi connectivity index (χ0n) is 10.9. The number of carbonyl (C=O) groups is 2. The third kappa shape index (κ3) is 2.41. The maximum Gasteiger partial charge on any atom is 0.233 e. The molecule has 5 heteroatoms. The number of hydrogen-bond acceptors (Lipinski definition) is 2. The lowest BCUT2D eigenvalue weighted by atomic mass is 9.81. The van der Waals surface area contributed by atoms with Gasteiger partial charge in [-0.15, -0.1) is 0 Å². The van der Waals surface area contributed by atoms with E-state index < -0.39 is 0 Å². The van der Waals surface area contributed by atoms with Gasteiger partial charge in [0.2, 0.25) is 11.8 Å². The first kappa shape index (κ1) is 14.1. The van der Waals surface area contributed by atoms with Gasteiger partial charge in [-0.2, -0.15) is 0 Å². The van der Waals surface area contributed by atoms with Crippen LogP contribution in [0.5, 0.6) is 0 Å². The van der Waals surface area contributed by atoms with E-state index >= 15 is 0 Å². The molecule has 0 unspecified atom stereocenters. The highest BCUT2D eigenvalue weighted by molar-refractivity contribution is 9.12. The monoisotopic (exact) mass is 391 g/mol. The Hall–Kier alpha value is 0.1000. The highest BCUT2D eigenvalue weighted by Crippen LogP contribution is 2.44. The van der Waals surface area contributed by atoms with Gasteiger partial charge in [0.25, 0.3) is 0 Å². The van der Waals surface area contributed by atoms with E-state index in [0.29, 0.717) is 9.65 Å². The highest BCUT2D eigenvalue weighted by Gasteiger charge is 2.53. The van der Waals surface area contributed by atoms with Crippen molar-refractivity contribution in [3.8, 4) is 0 Å². The Balaban J connectivity index is 1.80. The molecule has 0 radical (unpaired) electrons. The van der Waals surface area contributed by atoms with Gasteiger partial charge in [0.15, 0.2) is 0 Å². The summed E-state index contributed by atoms with van der Waals surface area (Å²) in [5.74, 6) is 0.0525. The molecule has 2 saturated carbocycles. The van der Waals surface area contributed by atoms with Crippen LogP contribution in [0.15, 0.2) is 0 Å². The van der Waals surface area contributed by atoms with Gasteiger partial charge in [0, 0.05) is 15.7 Å². The van der Waals surface area contributed by atoms with Crippen molar-refractivity contribution in [2.75, 3.05) is 0 Å². The van der Waals surface area contributed by atoms with E-state index in [1.165, 1.54) is 6.42 Å². The van der Waals surface area contributed by atoms with Crippen LogP contribution in [-0.2, 0) is 9.59 Å². The number of imide groups is 1. The first-order valence-electron chi connectivity index (χ1n) is 7.24. The number of hydrogen-bond donors (Lipinski definition) is 0. The Morgan fingerprint density at radius 1 is 0.842 bits per heavy atom. The number of halogens is 2. The normalized spacial score (nSPS) is 40.6. The first-order chi connectivity index (χ1) is 9.09. The molecule has 3 fully saturated rings. The molecule has 2 aliphatic carbocycles. The molecule has 3 rings (SSSR count). The third-order valence-corrected chi connectivity index (χ3v) is 7.62. The zero-order valence-corrected chi connectivity index (χ0v) is 14.0. The molecule has 2 amide bonds. The van der Waals surface area contributed by atoms with Crippen molar-refractivity contribution in [1.82, 2.24) is 4.90 Å². The number of rotatable bonds is 1. The third-order valence-electron chi connectivity index (χ3n) is 4.89. The van der Waals surface area contributed by atoms with Crippen molar-refractivity contribution >= 4 is 43.7 Å². The molecule has 0 N–H and O–H groups in total. The SMILES string of the molecule is O=C1[C@H]2C[C@H](Br)[C@@H](Br)C[C@@H]2C(=O)N1C1CCCCC1. The number of alkyl halides is 2. The second kappa shape index (κ2) is 5.47. The minimum Gasteiger partial charge on any atom is -0.279 e. The van der Waals surface area contributed by atoms with Gasteiger partial charge < -0.3 is 0 Å². The van der Waals surface area contributed by atoms with Gasteiger partial charge >= 0.3 is 0 Å². The molecule has 1 heterocycles. The predicted molar refractivity (Wildman–Crippen MR) is 80.4 cm³/mol. The Bertz CT molecular complexity index is 367. The van der Waals surface area contributed by atoms with Gasteiger partial charge in [-0.3, -0.25) is 14.5 Å². The fraction of sp³-hybridized carbons (Fsp3) is 0.857. The molecule has 0 aromatic heterocycles. The van der Waals surface area contributed by atoms with Crippen LogP contribution < -0.4 is 0 Å². The summed E-state index contributed by atoms with van der Waals surface area (Å²) in [5, 5.41) is 0. The van der Waals surface area contributed by atoms with E-state index in [1.807, 2.05) is 0 Å². The number of likely N-dealkylation sites (tertiary alicyclic amines) is 1. The van der Waals surface area contributed by atoms with Crippen LogP contribution >= 0.6 is 31.9 Å². The maximum absolute atomic E-state index is 12.6. The maximum atomic E-state index is 12.6. The first-order valence-corrected chi connectivity index (χ1v) is 9.07. The average Bonchev–Trinajstić information content (AvgIpc) is 2.64. The van der Waals surface area contributed by atoms with E-state index in [0.717, 1.165) is 38.5 Å². The minimum atomic E-state index is -0.0763. The van der Waals surface area contributed by atoms with Crippen molar-refractivity contribution in [2.24, 2.45) is 11.8 Å². The number of fused-ring (bicyclic) bond motifs is 1. The predicted octanol–water partition coefficient (Wildman–Crippen LogP) is 3.24. The smallest absolute Gasteiger partial charge is 0.233 e. The summed E-state index contributed by atoms with van der Waals surface area (Å²) in [5.41, 5.74) is 0. The molecule has 19 heavy (non-hydrogen) atoms. The molecule has 3 aliphatic rings. The quantitative estimate of drug-likeness (QED) is 0.507. The summed E-state index contributed by atoms with van der Waals surface area (Å²) in [4.78, 5) is 27.4. The Kier molecular flexibility index (Phi) is 4.05. The lowest BCUT2D eigenvalue weighted by Crippen LogP contribution is -2.41. The van der Waals surface area contributed by atoms with Crippen molar-refractivity contribution < 1.29 is 9.59 Å². The second-order valence-corrected chi connectivity index (χ2v) is 8.41. The summed E-state index contributed by atoms with van der Waals surface area (Å²) in [6, 6.07) is 0.182. The van der Waals surface area contributed by atoms with Gasteiger partial charge in [0.05, 0.1) is 11.8 Å². The lowest BCUT2D eigenvalue weighted by molar-refractivity contribution is -0.143. The van der Waals surface area contributed by atoms with Gasteiger partial charge in [0.1, 0.15) is 0 Å². The molecule has 106 valence electrons. The molecule has 1 saturated heterocycles. The summed E-state index contributed by atoms with van der Waals surface area (Å²) in [6.45, 7) is 0. The number of carbonyl (C=O) groups excluding carboxylic acids is 2. The van der Waals surface area contributed by atoms with Crippen molar-refractivity contribution in [3.05, 3.63) is 0 Å². The molecule has 3 nitrogen and oxygen atoms in total. The van der Waals surface area contributed by atoms with E-state index in [-0.39, 0.29) is 29.7 Å². The largest absolute Gasteiger partial charge is 0.279 e. The fourth-order valence-corrected chi connectivity index (χ4v) is 5.06. The summed E-state index contributed by atoms with van der Waals surface area (Å²) in [6.07, 6.45) is 7.13. The van der Waals surface area contributed by atoms with Gasteiger partial charge in [-0.05, 0) is 25.7 Å². The fourth-order valence-electron chi connectivity index (χ4n) is 3.82. The zero-order chi connectivity index (χ0) is 13.6. The van der Waals surface area contributed by atoms with Crippen LogP contribution in [0.1, 0.15) is 44.9 Å². The summed E-state index contributed by atoms with van der Waals surface area (Å²) in [7, 11) is 0. The Morgan fingerprint density at radius 2 is 1.32 bits per heavy atom. The van der Waals surface area contributed by atoms with Crippen LogP contribution in [0.2, 0.25) is 0 Å². The minimum absolute atomic E-state index is 0.0763. The van der Waals surface area contributed by atoms with Crippen molar-refractivity contribution in [1.29, 1.82) is 0 Å². The lowest BCUT2D eigenvalue weighted by Gasteiger charge is -2.29. The summed E-state index contributed by atoms with van der Waals surface area (Å²) < 4.78 is 0. The van der Waals surface area contributed by atoms with Crippen LogP contribution in [0.3, 0.4) is 0 Å². The molecule has 1 aliphatic heterocycles. The van der Waals surface area contributed by atoms with E-state index in [4.69, 9.17) is 0 Å². The molecule has 0 bridgehead atoms. The van der Waals surface area contributed by atoms with Crippen LogP contribution in [-0.4, -0.2) is 32.4 Å². The van der Waals surface area contributed by atoms with Crippen LogP contribution in [0.25, 0.3) is 0 Å². The molecular formula is C14H19Br2NO2. The molecule has 0 aromatic carbocycles. The van der Waals surface area contributed by atoms with Gasteiger partial charge in [-0.25, -0.2) is 0 Å². The van der Waals surface area contributed by atoms with E-state index in [1.54, 1.807) is 4.90 Å². The average molecular weight is 393 g/mol. The molecular weight excluding hydrogens is 374 g/mol. The molecule has 0 spiro atoms. The Morgan fingerprint density at radius 3 is 1.79 bits per heavy atom. The van der Waals surface area contributed by atoms with Gasteiger partial charge in [-0.1, -0.05) is 51.1 Å². The standard InChI is InChI=1S/C14H19Br2NO2/c15-11-6-9-10(7-12(11)16)14(19)17(13(9)18)8-4-2-1-3-5-8/h8-12H,1-7H2/t9-,10-,11-,12-/m0/s1. The summed E-state index contributed by atoms with van der Waals surface area (Å²) >= 11 is 7.25. The topological polar surface area (TPSA) is 37.4 Å². The number of nitrogens with zero attached hydrogens (tertiary/aromatic N) is 1. The van der Waals surface area contributed by atoms with Crippen LogP contribution in [0, 0.1) is 11.8 Å². The van der Waals surface area contributed by atoms with E-state index in [2.05, 4.69) is 31.9 Å². The van der Waals surface area contributed by atoms with Crippen molar-refractivity contribution in [3.63, 3.8) is 0 Å². The van der Waals surface area contributed by atoms with Crippen LogP contribution in [0.4, 0.5) is 0 Å². The Labute approximate surface area is 130 Å². The molecule has 0 aromatic rings.